The molecule has 42 heavy (non-hydrogen) atoms. The fourth-order valence-corrected chi connectivity index (χ4v) is 5.51. The van der Waals surface area contributed by atoms with Crippen LogP contribution in [0.5, 0.6) is 11.5 Å². The van der Waals surface area contributed by atoms with E-state index < -0.39 is 12.1 Å². The molecule has 8 nitrogen and oxygen atoms in total. The molecule has 2 N–H and O–H groups in total. The minimum absolute atomic E-state index is 0.116. The maximum absolute atomic E-state index is 14.1. The predicted molar refractivity (Wildman–Crippen MR) is 157 cm³/mol. The first-order chi connectivity index (χ1) is 20.2. The zero-order valence-corrected chi connectivity index (χ0v) is 24.0. The van der Waals surface area contributed by atoms with Crippen molar-refractivity contribution in [3.8, 4) is 11.5 Å². The summed E-state index contributed by atoms with van der Waals surface area (Å²) in [6, 6.07) is 20.9. The lowest BCUT2D eigenvalue weighted by Crippen LogP contribution is -2.49. The number of benzene rings is 3. The van der Waals surface area contributed by atoms with Gasteiger partial charge in [0.1, 0.15) is 23.4 Å². The van der Waals surface area contributed by atoms with E-state index in [2.05, 4.69) is 10.6 Å². The molecule has 2 aliphatic heterocycles. The number of hydrogen-bond acceptors (Lipinski definition) is 4. The van der Waals surface area contributed by atoms with Crippen LogP contribution in [-0.2, 0) is 16.1 Å². The molecule has 3 aromatic rings. The number of carbonyl (C=O) groups excluding carboxylic acids is 3. The quantitative estimate of drug-likeness (QED) is 0.335. The molecular weight excluding hydrogens is 535 g/mol. The molecule has 0 radical (unpaired) electrons. The topological polar surface area (TPSA) is 91.0 Å². The van der Waals surface area contributed by atoms with Crippen molar-refractivity contribution < 1.29 is 23.5 Å². The Hall–Kier alpha value is -4.66. The third kappa shape index (κ3) is 6.15. The van der Waals surface area contributed by atoms with Crippen LogP contribution in [-0.4, -0.2) is 46.8 Å². The SMILES string of the molecule is CCN1C(=O)NC(c2cccc(Oc3ccccc3)c2)C2=C1CN(C(CC(C)C)C(=O)NCc1cccc(F)c1)C2=O. The number of nitrogens with one attached hydrogen (secondary N) is 2. The first kappa shape index (κ1) is 28.9. The maximum atomic E-state index is 14.1. The van der Waals surface area contributed by atoms with E-state index in [0.29, 0.717) is 46.9 Å². The molecular formula is C33H35FN4O4. The molecule has 2 atom stereocenters. The van der Waals surface area contributed by atoms with Crippen molar-refractivity contribution in [3.05, 3.63) is 107 Å². The summed E-state index contributed by atoms with van der Waals surface area (Å²) in [4.78, 5) is 44.0. The molecule has 3 aromatic carbocycles. The van der Waals surface area contributed by atoms with Crippen LogP contribution in [0.4, 0.5) is 9.18 Å². The number of likely N-dealkylation sites (N-methyl/N-ethyl adjacent to an activating group) is 1. The van der Waals surface area contributed by atoms with Gasteiger partial charge in [0.05, 0.1) is 23.9 Å². The zero-order valence-electron chi connectivity index (χ0n) is 24.0. The summed E-state index contributed by atoms with van der Waals surface area (Å²) in [5.74, 6) is 0.360. The van der Waals surface area contributed by atoms with Gasteiger partial charge in [-0.2, -0.15) is 0 Å². The molecule has 0 saturated carbocycles. The molecule has 0 saturated heterocycles. The summed E-state index contributed by atoms with van der Waals surface area (Å²) in [7, 11) is 0. The summed E-state index contributed by atoms with van der Waals surface area (Å²) in [5, 5.41) is 5.89. The third-order valence-corrected chi connectivity index (χ3v) is 7.47. The molecule has 0 spiro atoms. The van der Waals surface area contributed by atoms with Crippen molar-refractivity contribution in [1.29, 1.82) is 0 Å². The van der Waals surface area contributed by atoms with Crippen LogP contribution in [0.2, 0.25) is 0 Å². The molecule has 218 valence electrons. The van der Waals surface area contributed by atoms with E-state index >= 15 is 0 Å². The van der Waals surface area contributed by atoms with Crippen LogP contribution >= 0.6 is 0 Å². The summed E-state index contributed by atoms with van der Waals surface area (Å²) in [5.41, 5.74) is 2.37. The van der Waals surface area contributed by atoms with E-state index in [4.69, 9.17) is 4.74 Å². The Morgan fingerprint density at radius 3 is 2.48 bits per heavy atom. The van der Waals surface area contributed by atoms with Crippen molar-refractivity contribution in [1.82, 2.24) is 20.4 Å². The highest BCUT2D eigenvalue weighted by molar-refractivity contribution is 6.03. The average Bonchev–Trinajstić information content (AvgIpc) is 3.31. The van der Waals surface area contributed by atoms with Crippen molar-refractivity contribution in [2.24, 2.45) is 5.92 Å². The highest BCUT2D eigenvalue weighted by Crippen LogP contribution is 2.38. The number of ether oxygens (including phenoxy) is 1. The Kier molecular flexibility index (Phi) is 8.56. The Morgan fingerprint density at radius 1 is 1.02 bits per heavy atom. The molecule has 0 fully saturated rings. The van der Waals surface area contributed by atoms with Gasteiger partial charge in [0.25, 0.3) is 5.91 Å². The highest BCUT2D eigenvalue weighted by atomic mass is 19.1. The minimum Gasteiger partial charge on any atom is -0.457 e. The summed E-state index contributed by atoms with van der Waals surface area (Å²) < 4.78 is 19.7. The number of nitrogens with zero attached hydrogens (tertiary/aromatic N) is 2. The summed E-state index contributed by atoms with van der Waals surface area (Å²) in [6.45, 7) is 6.48. The first-order valence-corrected chi connectivity index (χ1v) is 14.2. The van der Waals surface area contributed by atoms with Gasteiger partial charge in [-0.3, -0.25) is 14.5 Å². The largest absolute Gasteiger partial charge is 0.457 e. The van der Waals surface area contributed by atoms with Crippen LogP contribution in [0.15, 0.2) is 90.1 Å². The normalized spacial score (nSPS) is 17.3. The second kappa shape index (κ2) is 12.5. The van der Waals surface area contributed by atoms with E-state index in [1.165, 1.54) is 12.1 Å². The monoisotopic (exact) mass is 570 g/mol. The molecule has 5 rings (SSSR count). The Balaban J connectivity index is 1.42. The molecule has 2 aliphatic rings. The fourth-order valence-electron chi connectivity index (χ4n) is 5.51. The Bertz CT molecular complexity index is 1510. The lowest BCUT2D eigenvalue weighted by molar-refractivity contribution is -0.137. The highest BCUT2D eigenvalue weighted by Gasteiger charge is 2.46. The second-order valence-electron chi connectivity index (χ2n) is 10.9. The standard InChI is InChI=1S/C33H35FN4O4/c1-4-37-28-20-38(27(16-21(2)3)31(39)35-19-22-10-8-12-24(34)17-22)32(40)29(28)30(36-33(37)41)23-11-9-15-26(18-23)42-25-13-6-5-7-14-25/h5-15,17-18,21,27,30H,4,16,19-20H2,1-3H3,(H,35,39)(H,36,41). The first-order valence-electron chi connectivity index (χ1n) is 14.2. The van der Waals surface area contributed by atoms with Gasteiger partial charge >= 0.3 is 6.03 Å². The number of carbonyl (C=O) groups is 3. The predicted octanol–water partition coefficient (Wildman–Crippen LogP) is 5.53. The number of hydrogen-bond donors (Lipinski definition) is 2. The summed E-state index contributed by atoms with van der Waals surface area (Å²) >= 11 is 0. The van der Waals surface area contributed by atoms with E-state index in [9.17, 15) is 18.8 Å². The Morgan fingerprint density at radius 2 is 1.76 bits per heavy atom. The third-order valence-electron chi connectivity index (χ3n) is 7.47. The Labute approximate surface area is 245 Å². The van der Waals surface area contributed by atoms with Gasteiger partial charge in [-0.25, -0.2) is 9.18 Å². The van der Waals surface area contributed by atoms with Gasteiger partial charge in [-0.15, -0.1) is 0 Å². The number of urea groups is 1. The van der Waals surface area contributed by atoms with E-state index in [0.717, 1.165) is 0 Å². The minimum atomic E-state index is -0.765. The van der Waals surface area contributed by atoms with E-state index in [1.807, 2.05) is 75.4 Å². The van der Waals surface area contributed by atoms with Crippen molar-refractivity contribution >= 4 is 17.8 Å². The molecule has 4 amide bonds. The van der Waals surface area contributed by atoms with Gasteiger partial charge in [-0.05, 0) is 66.8 Å². The molecule has 0 aliphatic carbocycles. The number of halogens is 1. The molecule has 9 heteroatoms. The number of rotatable bonds is 10. The van der Waals surface area contributed by atoms with Crippen LogP contribution in [0.25, 0.3) is 0 Å². The van der Waals surface area contributed by atoms with Crippen molar-refractivity contribution in [3.63, 3.8) is 0 Å². The van der Waals surface area contributed by atoms with Gasteiger partial charge < -0.3 is 20.3 Å². The molecule has 2 unspecified atom stereocenters. The molecule has 0 bridgehead atoms. The smallest absolute Gasteiger partial charge is 0.322 e. The second-order valence-corrected chi connectivity index (χ2v) is 10.9. The van der Waals surface area contributed by atoms with Crippen molar-refractivity contribution in [2.75, 3.05) is 13.1 Å². The van der Waals surface area contributed by atoms with E-state index in [-0.39, 0.29) is 42.7 Å². The lowest BCUT2D eigenvalue weighted by Gasteiger charge is -2.33. The molecule has 0 aromatic heterocycles. The van der Waals surface area contributed by atoms with Crippen LogP contribution in [0, 0.1) is 11.7 Å². The van der Waals surface area contributed by atoms with Gasteiger partial charge in [0.15, 0.2) is 0 Å². The van der Waals surface area contributed by atoms with Crippen molar-refractivity contribution in [2.45, 2.75) is 45.8 Å². The van der Waals surface area contributed by atoms with Crippen LogP contribution < -0.4 is 15.4 Å². The van der Waals surface area contributed by atoms with Crippen LogP contribution in [0.3, 0.4) is 0 Å². The molecule has 2 heterocycles. The average molecular weight is 571 g/mol. The number of para-hydroxylation sites is 1. The fraction of sp³-hybridized carbons (Fsp3) is 0.303. The zero-order chi connectivity index (χ0) is 29.8. The van der Waals surface area contributed by atoms with Gasteiger partial charge in [0, 0.05) is 13.1 Å². The van der Waals surface area contributed by atoms with Crippen LogP contribution in [0.1, 0.15) is 44.4 Å². The lowest BCUT2D eigenvalue weighted by atomic mass is 9.95. The number of amides is 4. The van der Waals surface area contributed by atoms with Gasteiger partial charge in [0.2, 0.25) is 5.91 Å². The van der Waals surface area contributed by atoms with E-state index in [1.54, 1.807) is 21.9 Å². The van der Waals surface area contributed by atoms with Gasteiger partial charge in [-0.1, -0.05) is 56.3 Å². The summed E-state index contributed by atoms with van der Waals surface area (Å²) in [6.07, 6.45) is 0.430. The maximum Gasteiger partial charge on any atom is 0.322 e.